The largest absolute Gasteiger partial charge is 0.383 e. The topological polar surface area (TPSA) is 36.3 Å². The lowest BCUT2D eigenvalue weighted by molar-refractivity contribution is 0.0962. The van der Waals surface area contributed by atoms with Gasteiger partial charge in [-0.05, 0) is 31.1 Å². The number of hydrogen-bond donors (Lipinski definition) is 0. The zero-order valence-corrected chi connectivity index (χ0v) is 10.2. The molecule has 2 saturated carbocycles. The fraction of sp³-hybridized carbons (Fsp3) is 0.923. The number of rotatable bonds is 6. The highest BCUT2D eigenvalue weighted by atomic mass is 16.5. The second-order valence-electron chi connectivity index (χ2n) is 5.18. The van der Waals surface area contributed by atoms with E-state index in [1.165, 1.54) is 25.7 Å². The molecular weight excluding hydrogens is 200 g/mol. The molecule has 2 aliphatic rings. The van der Waals surface area contributed by atoms with Gasteiger partial charge in [0.2, 0.25) is 0 Å². The van der Waals surface area contributed by atoms with Crippen LogP contribution in [0.25, 0.3) is 0 Å². The number of ether oxygens (including phenoxy) is 1. The van der Waals surface area contributed by atoms with Crippen LogP contribution in [0.1, 0.15) is 32.1 Å². The second kappa shape index (κ2) is 5.65. The maximum absolute atomic E-state index is 8.71. The highest BCUT2D eigenvalue weighted by Crippen LogP contribution is 2.46. The van der Waals surface area contributed by atoms with Gasteiger partial charge in [-0.25, -0.2) is 0 Å². The standard InChI is InChI=1S/C13H22N2O/c1-16-8-7-15(6-2-5-14)13-10-11-3-4-12(13)9-11/h11-13H,2-4,6-10H2,1H3/t11-,12-,13-/m0/s1. The molecule has 0 radical (unpaired) electrons. The first-order chi connectivity index (χ1) is 7.85. The van der Waals surface area contributed by atoms with Crippen LogP contribution in [-0.4, -0.2) is 37.7 Å². The normalized spacial score (nSPS) is 32.2. The first-order valence-corrected chi connectivity index (χ1v) is 6.45. The van der Waals surface area contributed by atoms with Crippen molar-refractivity contribution in [2.24, 2.45) is 11.8 Å². The minimum atomic E-state index is 0.650. The van der Waals surface area contributed by atoms with Gasteiger partial charge in [-0.15, -0.1) is 0 Å². The van der Waals surface area contributed by atoms with Gasteiger partial charge < -0.3 is 4.74 Å². The van der Waals surface area contributed by atoms with Gasteiger partial charge >= 0.3 is 0 Å². The van der Waals surface area contributed by atoms with Gasteiger partial charge in [0.25, 0.3) is 0 Å². The average molecular weight is 222 g/mol. The first kappa shape index (κ1) is 11.9. The summed E-state index contributed by atoms with van der Waals surface area (Å²) in [5.74, 6) is 1.88. The fourth-order valence-electron chi connectivity index (χ4n) is 3.50. The van der Waals surface area contributed by atoms with Crippen molar-refractivity contribution < 1.29 is 4.74 Å². The van der Waals surface area contributed by atoms with E-state index in [-0.39, 0.29) is 0 Å². The number of methoxy groups -OCH3 is 1. The van der Waals surface area contributed by atoms with Crippen LogP contribution in [-0.2, 0) is 4.74 Å². The van der Waals surface area contributed by atoms with Gasteiger partial charge in [0, 0.05) is 32.7 Å². The second-order valence-corrected chi connectivity index (χ2v) is 5.18. The lowest BCUT2D eigenvalue weighted by atomic mass is 9.94. The monoisotopic (exact) mass is 222 g/mol. The van der Waals surface area contributed by atoms with Crippen LogP contribution in [0.4, 0.5) is 0 Å². The van der Waals surface area contributed by atoms with Crippen LogP contribution in [0.5, 0.6) is 0 Å². The SMILES string of the molecule is COCCN(CCC#N)[C@H]1C[C@H]2CC[C@H]1C2. The summed E-state index contributed by atoms with van der Waals surface area (Å²) in [6.45, 7) is 2.71. The Morgan fingerprint density at radius 2 is 2.19 bits per heavy atom. The summed E-state index contributed by atoms with van der Waals surface area (Å²) in [7, 11) is 1.75. The molecule has 0 aromatic carbocycles. The molecule has 3 heteroatoms. The molecule has 2 aliphatic carbocycles. The van der Waals surface area contributed by atoms with E-state index in [1.54, 1.807) is 7.11 Å². The van der Waals surface area contributed by atoms with Crippen molar-refractivity contribution in [1.29, 1.82) is 5.26 Å². The summed E-state index contributed by atoms with van der Waals surface area (Å²) in [6, 6.07) is 3.00. The predicted octanol–water partition coefficient (Wildman–Crippen LogP) is 2.04. The Morgan fingerprint density at radius 1 is 1.31 bits per heavy atom. The number of nitrogens with zero attached hydrogens (tertiary/aromatic N) is 2. The zero-order chi connectivity index (χ0) is 11.4. The average Bonchev–Trinajstić information content (AvgIpc) is 2.91. The molecule has 0 amide bonds. The van der Waals surface area contributed by atoms with Crippen molar-refractivity contribution in [1.82, 2.24) is 4.90 Å². The minimum absolute atomic E-state index is 0.650. The number of hydrogen-bond acceptors (Lipinski definition) is 3. The summed E-state index contributed by atoms with van der Waals surface area (Å²) >= 11 is 0. The van der Waals surface area contributed by atoms with E-state index in [4.69, 9.17) is 10.00 Å². The summed E-state index contributed by atoms with van der Waals surface area (Å²) in [6.07, 6.45) is 6.29. The van der Waals surface area contributed by atoms with E-state index in [2.05, 4.69) is 11.0 Å². The van der Waals surface area contributed by atoms with Crippen LogP contribution < -0.4 is 0 Å². The molecule has 0 aliphatic heterocycles. The maximum atomic E-state index is 8.71. The van der Waals surface area contributed by atoms with Crippen LogP contribution in [0, 0.1) is 23.2 Å². The molecule has 0 unspecified atom stereocenters. The fourth-order valence-corrected chi connectivity index (χ4v) is 3.50. The van der Waals surface area contributed by atoms with E-state index in [0.717, 1.165) is 37.6 Å². The molecule has 0 saturated heterocycles. The summed E-state index contributed by atoms with van der Waals surface area (Å²) in [5, 5.41) is 8.71. The van der Waals surface area contributed by atoms with E-state index >= 15 is 0 Å². The zero-order valence-electron chi connectivity index (χ0n) is 10.2. The third-order valence-corrected chi connectivity index (χ3v) is 4.26. The smallest absolute Gasteiger partial charge is 0.0635 e. The third-order valence-electron chi connectivity index (χ3n) is 4.26. The quantitative estimate of drug-likeness (QED) is 0.690. The Labute approximate surface area is 98.4 Å². The van der Waals surface area contributed by atoms with Crippen LogP contribution in [0.2, 0.25) is 0 Å². The molecule has 2 rings (SSSR count). The van der Waals surface area contributed by atoms with E-state index in [1.807, 2.05) is 0 Å². The van der Waals surface area contributed by atoms with E-state index in [9.17, 15) is 0 Å². The number of nitriles is 1. The molecule has 2 bridgehead atoms. The van der Waals surface area contributed by atoms with Crippen LogP contribution in [0.15, 0.2) is 0 Å². The molecular formula is C13H22N2O. The molecule has 3 nitrogen and oxygen atoms in total. The summed E-state index contributed by atoms with van der Waals surface area (Å²) in [4.78, 5) is 2.50. The highest BCUT2D eigenvalue weighted by Gasteiger charge is 2.41. The molecule has 0 aromatic rings. The predicted molar refractivity (Wildman–Crippen MR) is 62.9 cm³/mol. The van der Waals surface area contributed by atoms with Gasteiger partial charge in [0.15, 0.2) is 0 Å². The first-order valence-electron chi connectivity index (χ1n) is 6.45. The Balaban J connectivity index is 1.87. The molecule has 90 valence electrons. The Hall–Kier alpha value is -0.590. The Kier molecular flexibility index (Phi) is 4.20. The molecule has 2 fully saturated rings. The molecule has 0 N–H and O–H groups in total. The Bertz CT molecular complexity index is 261. The molecule has 16 heavy (non-hydrogen) atoms. The highest BCUT2D eigenvalue weighted by molar-refractivity contribution is 4.95. The van der Waals surface area contributed by atoms with Gasteiger partial charge in [0.1, 0.15) is 0 Å². The molecule has 0 aromatic heterocycles. The van der Waals surface area contributed by atoms with Crippen molar-refractivity contribution in [2.45, 2.75) is 38.1 Å². The minimum Gasteiger partial charge on any atom is -0.383 e. The third kappa shape index (κ3) is 2.56. The molecule has 0 spiro atoms. The molecule has 0 heterocycles. The van der Waals surface area contributed by atoms with Crippen LogP contribution in [0.3, 0.4) is 0 Å². The van der Waals surface area contributed by atoms with Crippen molar-refractivity contribution in [3.8, 4) is 6.07 Å². The van der Waals surface area contributed by atoms with Crippen molar-refractivity contribution in [3.05, 3.63) is 0 Å². The van der Waals surface area contributed by atoms with Crippen molar-refractivity contribution >= 4 is 0 Å². The number of fused-ring (bicyclic) bond motifs is 2. The van der Waals surface area contributed by atoms with Gasteiger partial charge in [0.05, 0.1) is 12.7 Å². The van der Waals surface area contributed by atoms with Gasteiger partial charge in [-0.1, -0.05) is 6.42 Å². The lowest BCUT2D eigenvalue weighted by Gasteiger charge is -2.34. The lowest BCUT2D eigenvalue weighted by Crippen LogP contribution is -2.41. The maximum Gasteiger partial charge on any atom is 0.0635 e. The van der Waals surface area contributed by atoms with Gasteiger partial charge in [-0.3, -0.25) is 4.90 Å². The van der Waals surface area contributed by atoms with Crippen molar-refractivity contribution in [2.75, 3.05) is 26.8 Å². The van der Waals surface area contributed by atoms with Crippen molar-refractivity contribution in [3.63, 3.8) is 0 Å². The van der Waals surface area contributed by atoms with Crippen LogP contribution >= 0.6 is 0 Å². The van der Waals surface area contributed by atoms with Gasteiger partial charge in [-0.2, -0.15) is 5.26 Å². The summed E-state index contributed by atoms with van der Waals surface area (Å²) in [5.41, 5.74) is 0. The Morgan fingerprint density at radius 3 is 2.75 bits per heavy atom. The molecule has 3 atom stereocenters. The van der Waals surface area contributed by atoms with E-state index < -0.39 is 0 Å². The van der Waals surface area contributed by atoms with E-state index in [0.29, 0.717) is 6.42 Å². The summed E-state index contributed by atoms with van der Waals surface area (Å²) < 4.78 is 5.17.